The molecule has 0 aliphatic carbocycles. The second-order valence-corrected chi connectivity index (χ2v) is 6.51. The lowest BCUT2D eigenvalue weighted by Gasteiger charge is -2.15. The number of methoxy groups -OCH3 is 1. The average molecular weight is 393 g/mol. The summed E-state index contributed by atoms with van der Waals surface area (Å²) in [6, 6.07) is 16.0. The molecule has 4 rings (SSSR count). The summed E-state index contributed by atoms with van der Waals surface area (Å²) >= 11 is 0. The van der Waals surface area contributed by atoms with E-state index in [2.05, 4.69) is 10.3 Å². The third kappa shape index (κ3) is 3.62. The van der Waals surface area contributed by atoms with Gasteiger partial charge in [0.1, 0.15) is 12.3 Å². The maximum atomic E-state index is 12.8. The van der Waals surface area contributed by atoms with Crippen molar-refractivity contribution in [1.82, 2.24) is 19.7 Å². The fraction of sp³-hybridized carbons (Fsp3) is 0.200. The van der Waals surface area contributed by atoms with E-state index < -0.39 is 17.6 Å². The molecule has 29 heavy (non-hydrogen) atoms. The first-order valence-electron chi connectivity index (χ1n) is 9.02. The van der Waals surface area contributed by atoms with E-state index in [-0.39, 0.29) is 13.1 Å². The van der Waals surface area contributed by atoms with E-state index in [9.17, 15) is 14.4 Å². The number of benzene rings is 2. The highest BCUT2D eigenvalue weighted by molar-refractivity contribution is 5.95. The Morgan fingerprint density at radius 1 is 1.10 bits per heavy atom. The van der Waals surface area contributed by atoms with Crippen LogP contribution < -0.4 is 20.6 Å². The zero-order chi connectivity index (χ0) is 20.4. The van der Waals surface area contributed by atoms with Crippen molar-refractivity contribution in [3.8, 4) is 5.75 Å². The standard InChI is InChI=1S/C20H19N5O4/c1-29-16-9-7-14(8-10-16)11-21-18(26)13-24-19(27)22-17-12-23(20(28)25(17)24)15-5-3-2-4-6-15/h2-10H,11-13H2,1H3,(H,21,26). The molecule has 1 aliphatic heterocycles. The Balaban J connectivity index is 1.46. The summed E-state index contributed by atoms with van der Waals surface area (Å²) in [6.45, 7) is 0.178. The minimum Gasteiger partial charge on any atom is -0.497 e. The maximum absolute atomic E-state index is 12.8. The Labute approximate surface area is 166 Å². The quantitative estimate of drug-likeness (QED) is 0.682. The zero-order valence-electron chi connectivity index (χ0n) is 15.7. The van der Waals surface area contributed by atoms with Crippen molar-refractivity contribution in [3.63, 3.8) is 0 Å². The number of ether oxygens (including phenoxy) is 1. The molecule has 9 heteroatoms. The summed E-state index contributed by atoms with van der Waals surface area (Å²) in [4.78, 5) is 42.8. The number of hydrogen-bond acceptors (Lipinski definition) is 5. The molecule has 148 valence electrons. The lowest BCUT2D eigenvalue weighted by Crippen LogP contribution is -2.38. The molecule has 2 aromatic carbocycles. The number of nitrogens with zero attached hydrogens (tertiary/aromatic N) is 4. The van der Waals surface area contributed by atoms with Crippen LogP contribution in [0.2, 0.25) is 0 Å². The highest BCUT2D eigenvalue weighted by Gasteiger charge is 2.33. The van der Waals surface area contributed by atoms with Crippen molar-refractivity contribution in [3.05, 3.63) is 76.5 Å². The van der Waals surface area contributed by atoms with Crippen molar-refractivity contribution in [2.24, 2.45) is 0 Å². The minimum absolute atomic E-state index is 0.179. The first kappa shape index (κ1) is 18.5. The zero-order valence-corrected chi connectivity index (χ0v) is 15.7. The number of aromatic nitrogens is 3. The second kappa shape index (κ2) is 7.63. The second-order valence-electron chi connectivity index (χ2n) is 6.51. The number of para-hydroxylation sites is 1. The highest BCUT2D eigenvalue weighted by atomic mass is 16.5. The molecule has 1 N–H and O–H groups in total. The summed E-state index contributed by atoms with van der Waals surface area (Å²) in [7, 11) is 1.58. The van der Waals surface area contributed by atoms with Gasteiger partial charge in [-0.05, 0) is 29.8 Å². The summed E-state index contributed by atoms with van der Waals surface area (Å²) in [5.41, 5.74) is 0.961. The number of hydrogen-bond donors (Lipinski definition) is 1. The minimum atomic E-state index is -0.624. The van der Waals surface area contributed by atoms with Gasteiger partial charge in [-0.2, -0.15) is 9.67 Å². The molecular formula is C20H19N5O4. The molecule has 1 aliphatic rings. The highest BCUT2D eigenvalue weighted by Crippen LogP contribution is 2.22. The Morgan fingerprint density at radius 3 is 2.52 bits per heavy atom. The van der Waals surface area contributed by atoms with Crippen molar-refractivity contribution in [2.45, 2.75) is 19.6 Å². The molecule has 0 saturated carbocycles. The van der Waals surface area contributed by atoms with Crippen LogP contribution in [-0.4, -0.2) is 33.4 Å². The Kier molecular flexibility index (Phi) is 4.86. The van der Waals surface area contributed by atoms with Crippen LogP contribution >= 0.6 is 0 Å². The average Bonchev–Trinajstić information content (AvgIpc) is 3.23. The molecule has 2 amide bonds. The Hall–Kier alpha value is -3.88. The van der Waals surface area contributed by atoms with E-state index in [0.29, 0.717) is 18.1 Å². The van der Waals surface area contributed by atoms with Crippen molar-refractivity contribution >= 4 is 17.6 Å². The SMILES string of the molecule is COc1ccc(CNC(=O)Cn2c(=O)nc3n2C(=O)N(c2ccccc2)C3)cc1. The van der Waals surface area contributed by atoms with Crippen molar-refractivity contribution in [2.75, 3.05) is 12.0 Å². The number of fused-ring (bicyclic) bond motifs is 1. The monoisotopic (exact) mass is 393 g/mol. The number of anilines is 1. The van der Waals surface area contributed by atoms with Gasteiger partial charge in [-0.15, -0.1) is 0 Å². The molecule has 2 heterocycles. The van der Waals surface area contributed by atoms with Gasteiger partial charge in [-0.1, -0.05) is 30.3 Å². The first-order chi connectivity index (χ1) is 14.1. The number of rotatable bonds is 6. The predicted molar refractivity (Wildman–Crippen MR) is 105 cm³/mol. The normalized spacial score (nSPS) is 12.7. The molecule has 0 unspecified atom stereocenters. The van der Waals surface area contributed by atoms with Crippen molar-refractivity contribution in [1.29, 1.82) is 0 Å². The smallest absolute Gasteiger partial charge is 0.365 e. The molecule has 3 aromatic rings. The van der Waals surface area contributed by atoms with Crippen LogP contribution in [0.4, 0.5) is 10.5 Å². The first-order valence-corrected chi connectivity index (χ1v) is 9.02. The largest absolute Gasteiger partial charge is 0.497 e. The number of nitrogens with one attached hydrogen (secondary N) is 1. The van der Waals surface area contributed by atoms with Gasteiger partial charge in [0, 0.05) is 12.2 Å². The fourth-order valence-electron chi connectivity index (χ4n) is 3.16. The van der Waals surface area contributed by atoms with Gasteiger partial charge in [0.2, 0.25) is 5.91 Å². The molecule has 0 saturated heterocycles. The summed E-state index contributed by atoms with van der Waals surface area (Å²) in [5, 5.41) is 2.75. The number of carbonyl (C=O) groups is 2. The third-order valence-electron chi connectivity index (χ3n) is 4.65. The van der Waals surface area contributed by atoms with Crippen LogP contribution in [-0.2, 0) is 24.4 Å². The van der Waals surface area contributed by atoms with E-state index in [1.807, 2.05) is 30.3 Å². The molecule has 0 radical (unpaired) electrons. The molecule has 1 aromatic heterocycles. The van der Waals surface area contributed by atoms with E-state index in [4.69, 9.17) is 4.74 Å². The Bertz CT molecular complexity index is 1100. The molecule has 9 nitrogen and oxygen atoms in total. The predicted octanol–water partition coefficient (Wildman–Crippen LogP) is 1.36. The van der Waals surface area contributed by atoms with Crippen LogP contribution in [0.5, 0.6) is 5.75 Å². The van der Waals surface area contributed by atoms with Crippen LogP contribution in [0.25, 0.3) is 0 Å². The van der Waals surface area contributed by atoms with Gasteiger partial charge in [0.05, 0.1) is 13.7 Å². The van der Waals surface area contributed by atoms with Crippen LogP contribution in [0.15, 0.2) is 59.4 Å². The molecule has 0 fully saturated rings. The van der Waals surface area contributed by atoms with Crippen molar-refractivity contribution < 1.29 is 14.3 Å². The van der Waals surface area contributed by atoms with Gasteiger partial charge >= 0.3 is 11.7 Å². The van der Waals surface area contributed by atoms with Crippen LogP contribution in [0.1, 0.15) is 11.4 Å². The van der Waals surface area contributed by atoms with Gasteiger partial charge < -0.3 is 10.1 Å². The van der Waals surface area contributed by atoms with Gasteiger partial charge in [-0.25, -0.2) is 14.3 Å². The molecule has 0 atom stereocenters. The van der Waals surface area contributed by atoms with Gasteiger partial charge in [-0.3, -0.25) is 9.69 Å². The van der Waals surface area contributed by atoms with E-state index in [0.717, 1.165) is 16.0 Å². The maximum Gasteiger partial charge on any atom is 0.365 e. The van der Waals surface area contributed by atoms with E-state index in [1.165, 1.54) is 9.58 Å². The fourth-order valence-corrected chi connectivity index (χ4v) is 3.16. The molecule has 0 spiro atoms. The Morgan fingerprint density at radius 2 is 1.83 bits per heavy atom. The van der Waals surface area contributed by atoms with Crippen LogP contribution in [0, 0.1) is 0 Å². The summed E-state index contributed by atoms with van der Waals surface area (Å²) in [5.74, 6) is 0.645. The van der Waals surface area contributed by atoms with Gasteiger partial charge in [0.25, 0.3) is 0 Å². The van der Waals surface area contributed by atoms with E-state index in [1.54, 1.807) is 31.4 Å². The van der Waals surface area contributed by atoms with Gasteiger partial charge in [0.15, 0.2) is 5.82 Å². The number of carbonyl (C=O) groups excluding carboxylic acids is 2. The summed E-state index contributed by atoms with van der Waals surface area (Å²) in [6.07, 6.45) is 0. The van der Waals surface area contributed by atoms with E-state index >= 15 is 0 Å². The number of amides is 2. The lowest BCUT2D eigenvalue weighted by atomic mass is 10.2. The third-order valence-corrected chi connectivity index (χ3v) is 4.65. The lowest BCUT2D eigenvalue weighted by molar-refractivity contribution is -0.122. The topological polar surface area (TPSA) is 98.5 Å². The van der Waals surface area contributed by atoms with Crippen LogP contribution in [0.3, 0.4) is 0 Å². The summed E-state index contributed by atoms with van der Waals surface area (Å²) < 4.78 is 7.33. The molecular weight excluding hydrogens is 374 g/mol. The molecule has 0 bridgehead atoms.